The van der Waals surface area contributed by atoms with Gasteiger partial charge in [-0.2, -0.15) is 18.2 Å². The first-order valence-corrected chi connectivity index (χ1v) is 11.8. The van der Waals surface area contributed by atoms with Crippen LogP contribution in [0.4, 0.5) is 30.6 Å². The van der Waals surface area contributed by atoms with Gasteiger partial charge in [-0.25, -0.2) is 18.4 Å². The Labute approximate surface area is 193 Å². The molecule has 2 heterocycles. The van der Waals surface area contributed by atoms with Crippen LogP contribution in [0.25, 0.3) is 0 Å². The average molecular weight is 494 g/mol. The van der Waals surface area contributed by atoms with Crippen molar-refractivity contribution >= 4 is 33.2 Å². The number of rotatable bonds is 8. The Bertz CT molecular complexity index is 1300. The van der Waals surface area contributed by atoms with Gasteiger partial charge in [0.25, 0.3) is 5.91 Å². The molecule has 0 aliphatic rings. The minimum atomic E-state index is -4.71. The molecule has 0 saturated carbocycles. The van der Waals surface area contributed by atoms with Crippen LogP contribution in [0, 0.1) is 0 Å². The lowest BCUT2D eigenvalue weighted by molar-refractivity contribution is -0.137. The molecule has 34 heavy (non-hydrogen) atoms. The Morgan fingerprint density at radius 1 is 1.15 bits per heavy atom. The molecule has 0 fully saturated rings. The highest BCUT2D eigenvalue weighted by Crippen LogP contribution is 2.34. The van der Waals surface area contributed by atoms with Gasteiger partial charge in [0.15, 0.2) is 9.84 Å². The Kier molecular flexibility index (Phi) is 7.05. The van der Waals surface area contributed by atoms with Gasteiger partial charge in [-0.3, -0.25) is 4.79 Å². The SMILES string of the molecule is CC(c1cccc(CNc2nc(Nc3ccc(C(N)=O)nc3)ncc2C(F)(F)F)c1)S(C)(=O)=O. The smallest absolute Gasteiger partial charge is 0.365 e. The van der Waals surface area contributed by atoms with Crippen LogP contribution in [0.15, 0.2) is 48.8 Å². The molecule has 180 valence electrons. The topological polar surface area (TPSA) is 140 Å². The van der Waals surface area contributed by atoms with Crippen LogP contribution in [0.5, 0.6) is 0 Å². The fourth-order valence-corrected chi connectivity index (χ4v) is 3.56. The van der Waals surface area contributed by atoms with Crippen molar-refractivity contribution in [2.75, 3.05) is 16.9 Å². The van der Waals surface area contributed by atoms with Crippen LogP contribution in [0.2, 0.25) is 0 Å². The molecule has 4 N–H and O–H groups in total. The molecule has 0 aliphatic carbocycles. The van der Waals surface area contributed by atoms with Crippen molar-refractivity contribution in [2.24, 2.45) is 5.73 Å². The number of nitrogens with one attached hydrogen (secondary N) is 2. The zero-order valence-electron chi connectivity index (χ0n) is 18.1. The third-order valence-corrected chi connectivity index (χ3v) is 6.45. The summed E-state index contributed by atoms with van der Waals surface area (Å²) in [5, 5.41) is 4.61. The maximum atomic E-state index is 13.5. The highest BCUT2D eigenvalue weighted by Gasteiger charge is 2.35. The fraction of sp³-hybridized carbons (Fsp3) is 0.238. The van der Waals surface area contributed by atoms with E-state index in [-0.39, 0.29) is 18.2 Å². The van der Waals surface area contributed by atoms with Crippen molar-refractivity contribution in [1.82, 2.24) is 15.0 Å². The van der Waals surface area contributed by atoms with E-state index in [1.807, 2.05) is 0 Å². The summed E-state index contributed by atoms with van der Waals surface area (Å²) in [6.07, 6.45) is -1.68. The van der Waals surface area contributed by atoms with E-state index < -0.39 is 38.6 Å². The molecule has 0 saturated heterocycles. The second-order valence-corrected chi connectivity index (χ2v) is 9.81. The highest BCUT2D eigenvalue weighted by atomic mass is 32.2. The molecule has 0 spiro atoms. The molecule has 1 amide bonds. The summed E-state index contributed by atoms with van der Waals surface area (Å²) in [4.78, 5) is 22.6. The molecule has 9 nitrogen and oxygen atoms in total. The van der Waals surface area contributed by atoms with E-state index >= 15 is 0 Å². The Morgan fingerprint density at radius 3 is 2.47 bits per heavy atom. The van der Waals surface area contributed by atoms with Gasteiger partial charge in [-0.15, -0.1) is 0 Å². The summed E-state index contributed by atoms with van der Waals surface area (Å²) < 4.78 is 64.1. The molecule has 13 heteroatoms. The number of carbonyl (C=O) groups is 1. The normalized spacial score (nSPS) is 12.7. The molecule has 3 rings (SSSR count). The number of aromatic nitrogens is 3. The monoisotopic (exact) mass is 494 g/mol. The number of hydrogen-bond donors (Lipinski definition) is 3. The number of nitrogens with two attached hydrogens (primary N) is 1. The second-order valence-electron chi connectivity index (χ2n) is 7.45. The summed E-state index contributed by atoms with van der Waals surface area (Å²) in [6, 6.07) is 9.34. The van der Waals surface area contributed by atoms with Crippen molar-refractivity contribution in [2.45, 2.75) is 24.9 Å². The summed E-state index contributed by atoms with van der Waals surface area (Å²) >= 11 is 0. The number of amides is 1. The minimum absolute atomic E-state index is 0.0219. The van der Waals surface area contributed by atoms with Gasteiger partial charge in [-0.05, 0) is 30.2 Å². The number of benzene rings is 1. The van der Waals surface area contributed by atoms with E-state index in [4.69, 9.17) is 5.73 Å². The third-order valence-electron chi connectivity index (χ3n) is 4.89. The number of carbonyl (C=O) groups excluding carboxylic acids is 1. The lowest BCUT2D eigenvalue weighted by Crippen LogP contribution is -2.15. The van der Waals surface area contributed by atoms with E-state index in [1.165, 1.54) is 25.3 Å². The average Bonchev–Trinajstić information content (AvgIpc) is 2.76. The molecule has 1 aromatic carbocycles. The number of hydrogen-bond acceptors (Lipinski definition) is 8. The van der Waals surface area contributed by atoms with E-state index in [0.29, 0.717) is 23.0 Å². The third kappa shape index (κ3) is 6.19. The molecule has 0 radical (unpaired) electrons. The number of primary amides is 1. The molecule has 3 aromatic rings. The van der Waals surface area contributed by atoms with E-state index in [0.717, 1.165) is 6.26 Å². The van der Waals surface area contributed by atoms with Gasteiger partial charge in [0.1, 0.15) is 17.1 Å². The first-order valence-electron chi connectivity index (χ1n) is 9.83. The number of halogens is 3. The molecule has 0 bridgehead atoms. The first kappa shape index (κ1) is 24.9. The zero-order chi connectivity index (χ0) is 25.1. The van der Waals surface area contributed by atoms with Gasteiger partial charge in [0.2, 0.25) is 5.95 Å². The molecule has 2 aromatic heterocycles. The zero-order valence-corrected chi connectivity index (χ0v) is 18.9. The quantitative estimate of drug-likeness (QED) is 0.433. The Hall–Kier alpha value is -3.74. The maximum absolute atomic E-state index is 13.5. The van der Waals surface area contributed by atoms with E-state index in [1.54, 1.807) is 24.3 Å². The second kappa shape index (κ2) is 9.63. The minimum Gasteiger partial charge on any atom is -0.365 e. The van der Waals surface area contributed by atoms with Gasteiger partial charge in [0, 0.05) is 19.0 Å². The van der Waals surface area contributed by atoms with Crippen LogP contribution in [0.1, 0.15) is 39.4 Å². The molecular weight excluding hydrogens is 473 g/mol. The van der Waals surface area contributed by atoms with Crippen molar-refractivity contribution in [3.63, 3.8) is 0 Å². The standard InChI is InChI=1S/C21H21F3N6O3S/c1-12(34(2,32)33)14-5-3-4-13(8-14)9-27-19-16(21(22,23)24)11-28-20(30-19)29-15-6-7-17(18(25)31)26-10-15/h3-8,10-12H,9H2,1-2H3,(H2,25,31)(H2,27,28,29,30). The predicted molar refractivity (Wildman–Crippen MR) is 120 cm³/mol. The number of pyridine rings is 1. The highest BCUT2D eigenvalue weighted by molar-refractivity contribution is 7.90. The number of sulfone groups is 1. The predicted octanol–water partition coefficient (Wildman–Crippen LogP) is 3.45. The van der Waals surface area contributed by atoms with Crippen LogP contribution in [-0.2, 0) is 22.6 Å². The molecule has 1 atom stereocenters. The van der Waals surface area contributed by atoms with Gasteiger partial charge in [-0.1, -0.05) is 24.3 Å². The largest absolute Gasteiger partial charge is 0.421 e. The Balaban J connectivity index is 1.84. The summed E-state index contributed by atoms with van der Waals surface area (Å²) in [5.41, 5.74) is 5.51. The lowest BCUT2D eigenvalue weighted by Gasteiger charge is -2.16. The van der Waals surface area contributed by atoms with Crippen molar-refractivity contribution in [3.05, 3.63) is 71.2 Å². The van der Waals surface area contributed by atoms with Crippen LogP contribution in [-0.4, -0.2) is 35.5 Å². The molecule has 0 aliphatic heterocycles. The van der Waals surface area contributed by atoms with Crippen molar-refractivity contribution < 1.29 is 26.4 Å². The lowest BCUT2D eigenvalue weighted by atomic mass is 10.1. The van der Waals surface area contributed by atoms with Crippen molar-refractivity contribution in [3.8, 4) is 0 Å². The number of alkyl halides is 3. The summed E-state index contributed by atoms with van der Waals surface area (Å²) in [7, 11) is -3.34. The fourth-order valence-electron chi connectivity index (χ4n) is 2.92. The first-order chi connectivity index (χ1) is 15.8. The van der Waals surface area contributed by atoms with E-state index in [2.05, 4.69) is 25.6 Å². The Morgan fingerprint density at radius 2 is 1.88 bits per heavy atom. The molecular formula is C21H21F3N6O3S. The summed E-state index contributed by atoms with van der Waals surface area (Å²) in [6.45, 7) is 1.50. The van der Waals surface area contributed by atoms with Gasteiger partial charge in [0.05, 0.1) is 17.1 Å². The van der Waals surface area contributed by atoms with Crippen LogP contribution < -0.4 is 16.4 Å². The number of nitrogens with zero attached hydrogens (tertiary/aromatic N) is 3. The van der Waals surface area contributed by atoms with E-state index in [9.17, 15) is 26.4 Å². The summed E-state index contributed by atoms with van der Waals surface area (Å²) in [5.74, 6) is -1.32. The van der Waals surface area contributed by atoms with Crippen molar-refractivity contribution in [1.29, 1.82) is 0 Å². The van der Waals surface area contributed by atoms with Crippen LogP contribution >= 0.6 is 0 Å². The van der Waals surface area contributed by atoms with Gasteiger partial charge >= 0.3 is 6.18 Å². The maximum Gasteiger partial charge on any atom is 0.421 e. The van der Waals surface area contributed by atoms with Gasteiger partial charge < -0.3 is 16.4 Å². The van der Waals surface area contributed by atoms with Crippen LogP contribution in [0.3, 0.4) is 0 Å². The molecule has 1 unspecified atom stereocenters. The number of anilines is 3.